The zero-order valence-electron chi connectivity index (χ0n) is 24.0. The minimum atomic E-state index is -0.363. The molecule has 1 saturated heterocycles. The molecule has 0 saturated carbocycles. The average molecular weight is 561 g/mol. The third kappa shape index (κ3) is 5.96. The molecule has 0 radical (unpaired) electrons. The summed E-state index contributed by atoms with van der Waals surface area (Å²) in [6, 6.07) is 11.0. The molecule has 216 valence electrons. The fourth-order valence-electron chi connectivity index (χ4n) is 5.00. The molecular weight excluding hydrogens is 524 g/mol. The molecule has 2 N–H and O–H groups in total. The van der Waals surface area contributed by atoms with E-state index in [1.807, 2.05) is 48.0 Å². The van der Waals surface area contributed by atoms with E-state index in [9.17, 15) is 14.4 Å². The second kappa shape index (κ2) is 11.5. The van der Waals surface area contributed by atoms with Crippen LogP contribution in [0, 0.1) is 0 Å². The summed E-state index contributed by atoms with van der Waals surface area (Å²) in [5.41, 5.74) is 4.65. The van der Waals surface area contributed by atoms with Gasteiger partial charge in [0.05, 0.1) is 18.4 Å². The van der Waals surface area contributed by atoms with E-state index >= 15 is 0 Å². The fourth-order valence-corrected chi connectivity index (χ4v) is 5.00. The van der Waals surface area contributed by atoms with Gasteiger partial charge in [-0.25, -0.2) is 14.6 Å². The van der Waals surface area contributed by atoms with Crippen molar-refractivity contribution in [1.29, 1.82) is 0 Å². The molecule has 12 nitrogen and oxygen atoms in total. The van der Waals surface area contributed by atoms with Gasteiger partial charge >= 0.3 is 12.1 Å². The van der Waals surface area contributed by atoms with Crippen molar-refractivity contribution in [3.63, 3.8) is 0 Å². The minimum absolute atomic E-state index is 0.113. The summed E-state index contributed by atoms with van der Waals surface area (Å²) < 4.78 is 7.18. The molecule has 5 rings (SSSR count). The summed E-state index contributed by atoms with van der Waals surface area (Å²) >= 11 is 0. The molecule has 0 spiro atoms. The number of aromatic nitrogens is 3. The third-order valence-electron chi connectivity index (χ3n) is 7.18. The number of hydrogen-bond donors (Lipinski definition) is 2. The molecule has 2 aliphatic heterocycles. The first-order valence-electron chi connectivity index (χ1n) is 13.8. The molecule has 1 fully saturated rings. The number of ether oxygens (including phenoxy) is 1. The predicted molar refractivity (Wildman–Crippen MR) is 155 cm³/mol. The van der Waals surface area contributed by atoms with Crippen LogP contribution in [0.5, 0.6) is 0 Å². The Morgan fingerprint density at radius 2 is 1.90 bits per heavy atom. The standard InChI is InChI=1S/C29H36N8O4/c1-18(2)37-24-12-13-35(25-11-10-22(15-30-25)36-16-19(3)41-29(36)40)17-23(24)26(33-37)27(38)31-14-20-6-8-21(9-7-20)32-28(39)34(4)5/h6-11,15,18-19H,12-14,16-17H2,1-5H3,(H,31,38)(H,32,39). The van der Waals surface area contributed by atoms with E-state index in [-0.39, 0.29) is 30.2 Å². The molecule has 1 atom stereocenters. The lowest BCUT2D eigenvalue weighted by molar-refractivity contribution is 0.0943. The lowest BCUT2D eigenvalue weighted by Gasteiger charge is -2.29. The number of anilines is 3. The van der Waals surface area contributed by atoms with Crippen molar-refractivity contribution in [2.45, 2.75) is 52.4 Å². The molecule has 41 heavy (non-hydrogen) atoms. The number of benzene rings is 1. The van der Waals surface area contributed by atoms with Crippen LogP contribution in [0.3, 0.4) is 0 Å². The Labute approximate surface area is 239 Å². The Kier molecular flexibility index (Phi) is 7.82. The molecule has 0 bridgehead atoms. The van der Waals surface area contributed by atoms with Crippen molar-refractivity contribution in [3.05, 3.63) is 65.1 Å². The highest BCUT2D eigenvalue weighted by Crippen LogP contribution is 2.29. The number of rotatable bonds is 7. The third-order valence-corrected chi connectivity index (χ3v) is 7.18. The van der Waals surface area contributed by atoms with Crippen LogP contribution in [0.15, 0.2) is 42.6 Å². The second-order valence-electron chi connectivity index (χ2n) is 10.9. The van der Waals surface area contributed by atoms with Crippen LogP contribution in [0.4, 0.5) is 26.8 Å². The van der Waals surface area contributed by atoms with Gasteiger partial charge in [0.1, 0.15) is 11.9 Å². The zero-order chi connectivity index (χ0) is 29.3. The van der Waals surface area contributed by atoms with Gasteiger partial charge in [0.2, 0.25) is 0 Å². The maximum Gasteiger partial charge on any atom is 0.414 e. The molecule has 4 heterocycles. The van der Waals surface area contributed by atoms with E-state index in [1.54, 1.807) is 25.2 Å². The number of cyclic esters (lactones) is 1. The van der Waals surface area contributed by atoms with Gasteiger partial charge in [-0.3, -0.25) is 14.4 Å². The van der Waals surface area contributed by atoms with Crippen molar-refractivity contribution in [2.75, 3.05) is 42.3 Å². The molecular formula is C29H36N8O4. The quantitative estimate of drug-likeness (QED) is 0.450. The largest absolute Gasteiger partial charge is 0.444 e. The zero-order valence-corrected chi connectivity index (χ0v) is 24.0. The lowest BCUT2D eigenvalue weighted by atomic mass is 10.0. The molecule has 12 heteroatoms. The highest BCUT2D eigenvalue weighted by atomic mass is 16.6. The Hall–Kier alpha value is -4.61. The van der Waals surface area contributed by atoms with Gasteiger partial charge in [-0.05, 0) is 50.6 Å². The Bertz CT molecular complexity index is 1430. The second-order valence-corrected chi connectivity index (χ2v) is 10.9. The van der Waals surface area contributed by atoms with Crippen LogP contribution in [0.1, 0.15) is 54.1 Å². The monoisotopic (exact) mass is 560 g/mol. The van der Waals surface area contributed by atoms with Crippen molar-refractivity contribution in [1.82, 2.24) is 25.0 Å². The number of pyridine rings is 1. The summed E-state index contributed by atoms with van der Waals surface area (Å²) in [6.45, 7) is 8.04. The van der Waals surface area contributed by atoms with Gasteiger partial charge in [0.25, 0.3) is 5.91 Å². The fraction of sp³-hybridized carbons (Fsp3) is 0.414. The highest BCUT2D eigenvalue weighted by Gasteiger charge is 2.31. The first-order valence-corrected chi connectivity index (χ1v) is 13.8. The Morgan fingerprint density at radius 1 is 1.15 bits per heavy atom. The Morgan fingerprint density at radius 3 is 2.51 bits per heavy atom. The summed E-state index contributed by atoms with van der Waals surface area (Å²) in [6.07, 6.45) is 1.90. The maximum atomic E-state index is 13.4. The molecule has 4 amide bonds. The molecule has 1 unspecified atom stereocenters. The van der Waals surface area contributed by atoms with Crippen LogP contribution < -0.4 is 20.4 Å². The summed E-state index contributed by atoms with van der Waals surface area (Å²) in [4.78, 5) is 47.1. The average Bonchev–Trinajstić information content (AvgIpc) is 3.51. The van der Waals surface area contributed by atoms with Gasteiger partial charge in [-0.1, -0.05) is 12.1 Å². The van der Waals surface area contributed by atoms with E-state index in [0.29, 0.717) is 36.7 Å². The maximum absolute atomic E-state index is 13.4. The van der Waals surface area contributed by atoms with Crippen molar-refractivity contribution < 1.29 is 19.1 Å². The van der Waals surface area contributed by atoms with Gasteiger partial charge < -0.3 is 25.2 Å². The highest BCUT2D eigenvalue weighted by molar-refractivity contribution is 5.94. The van der Waals surface area contributed by atoms with Crippen LogP contribution >= 0.6 is 0 Å². The van der Waals surface area contributed by atoms with Gasteiger partial charge in [0, 0.05) is 63.1 Å². The summed E-state index contributed by atoms with van der Waals surface area (Å²) in [5.74, 6) is 0.530. The number of carbonyl (C=O) groups excluding carboxylic acids is 3. The molecule has 2 aliphatic rings. The van der Waals surface area contributed by atoms with Crippen LogP contribution in [-0.4, -0.2) is 71.0 Å². The number of fused-ring (bicyclic) bond motifs is 1. The van der Waals surface area contributed by atoms with E-state index in [2.05, 4.69) is 34.4 Å². The normalized spacial score (nSPS) is 16.4. The lowest BCUT2D eigenvalue weighted by Crippen LogP contribution is -2.33. The number of nitrogens with zero attached hydrogens (tertiary/aromatic N) is 6. The number of nitrogens with one attached hydrogen (secondary N) is 2. The van der Waals surface area contributed by atoms with Crippen LogP contribution in [0.2, 0.25) is 0 Å². The summed E-state index contributed by atoms with van der Waals surface area (Å²) in [7, 11) is 3.36. The summed E-state index contributed by atoms with van der Waals surface area (Å²) in [5, 5.41) is 10.5. The molecule has 1 aromatic carbocycles. The topological polar surface area (TPSA) is 125 Å². The van der Waals surface area contributed by atoms with Gasteiger partial charge in [-0.2, -0.15) is 5.10 Å². The van der Waals surface area contributed by atoms with Crippen LogP contribution in [0.25, 0.3) is 0 Å². The van der Waals surface area contributed by atoms with Crippen molar-refractivity contribution >= 4 is 35.2 Å². The minimum Gasteiger partial charge on any atom is -0.444 e. The van der Waals surface area contributed by atoms with Crippen molar-refractivity contribution in [2.24, 2.45) is 0 Å². The molecule has 3 aromatic rings. The predicted octanol–water partition coefficient (Wildman–Crippen LogP) is 3.79. The Balaban J connectivity index is 1.28. The SMILES string of the molecule is CC1CN(c2ccc(N3CCc4c(c(C(=O)NCc5ccc(NC(=O)N(C)C)cc5)nn4C(C)C)C3)nc2)C(=O)O1. The first-order chi connectivity index (χ1) is 19.6. The van der Waals surface area contributed by atoms with Gasteiger partial charge in [-0.15, -0.1) is 0 Å². The number of carbonyl (C=O) groups is 3. The number of amides is 4. The number of urea groups is 1. The van der Waals surface area contributed by atoms with E-state index < -0.39 is 0 Å². The molecule has 2 aromatic heterocycles. The smallest absolute Gasteiger partial charge is 0.414 e. The molecule has 0 aliphatic carbocycles. The van der Waals surface area contributed by atoms with E-state index in [4.69, 9.17) is 9.84 Å². The number of hydrogen-bond acceptors (Lipinski definition) is 7. The first kappa shape index (κ1) is 27.9. The van der Waals surface area contributed by atoms with E-state index in [1.165, 1.54) is 4.90 Å². The van der Waals surface area contributed by atoms with Crippen LogP contribution in [-0.2, 0) is 24.2 Å². The van der Waals surface area contributed by atoms with Crippen molar-refractivity contribution in [3.8, 4) is 0 Å². The van der Waals surface area contributed by atoms with Gasteiger partial charge in [0.15, 0.2) is 5.69 Å². The van der Waals surface area contributed by atoms with E-state index in [0.717, 1.165) is 35.6 Å².